The Labute approximate surface area is 98.3 Å². The summed E-state index contributed by atoms with van der Waals surface area (Å²) < 4.78 is 2.34. The van der Waals surface area contributed by atoms with Crippen LogP contribution in [-0.4, -0.2) is 14.8 Å². The molecule has 1 fully saturated rings. The minimum atomic E-state index is 0.681. The molecule has 0 aliphatic heterocycles. The number of aromatic nitrogens is 3. The van der Waals surface area contributed by atoms with E-state index in [9.17, 15) is 0 Å². The molecule has 0 atom stereocenters. The normalized spacial score (nSPS) is 17.8. The summed E-state index contributed by atoms with van der Waals surface area (Å²) in [5.41, 5.74) is 0. The average Bonchev–Trinajstić information content (AvgIpc) is 2.79. The lowest BCUT2D eigenvalue weighted by Gasteiger charge is -2.23. The number of unbranched alkanes of at least 4 members (excludes halogenated alkanes) is 2. The maximum Gasteiger partial charge on any atom is 0.133 e. The summed E-state index contributed by atoms with van der Waals surface area (Å²) in [4.78, 5) is 0. The molecule has 1 aliphatic rings. The highest BCUT2D eigenvalue weighted by Gasteiger charge is 2.17. The number of nitrogens with zero attached hydrogens (tertiary/aromatic N) is 3. The summed E-state index contributed by atoms with van der Waals surface area (Å²) >= 11 is 0. The van der Waals surface area contributed by atoms with Crippen LogP contribution >= 0.6 is 0 Å². The van der Waals surface area contributed by atoms with Gasteiger partial charge in [0.2, 0.25) is 0 Å². The SMILES string of the molecule is CCCCCc1nncn1C1CCCCC1. The summed E-state index contributed by atoms with van der Waals surface area (Å²) in [6.45, 7) is 2.24. The van der Waals surface area contributed by atoms with Gasteiger partial charge in [-0.15, -0.1) is 10.2 Å². The topological polar surface area (TPSA) is 30.7 Å². The maximum atomic E-state index is 4.28. The van der Waals surface area contributed by atoms with E-state index in [-0.39, 0.29) is 0 Å². The number of rotatable bonds is 5. The van der Waals surface area contributed by atoms with E-state index in [0.717, 1.165) is 6.42 Å². The van der Waals surface area contributed by atoms with Crippen LogP contribution in [0.25, 0.3) is 0 Å². The highest BCUT2D eigenvalue weighted by molar-refractivity contribution is 4.90. The third-order valence-corrected chi connectivity index (χ3v) is 3.62. The van der Waals surface area contributed by atoms with Crippen molar-refractivity contribution in [2.24, 2.45) is 0 Å². The molecule has 90 valence electrons. The van der Waals surface area contributed by atoms with E-state index in [1.54, 1.807) is 0 Å². The van der Waals surface area contributed by atoms with Crippen LogP contribution in [-0.2, 0) is 6.42 Å². The lowest BCUT2D eigenvalue weighted by molar-refractivity contribution is 0.344. The van der Waals surface area contributed by atoms with Crippen molar-refractivity contribution < 1.29 is 0 Å². The molecular weight excluding hydrogens is 198 g/mol. The second-order valence-electron chi connectivity index (χ2n) is 4.90. The molecule has 1 aromatic heterocycles. The van der Waals surface area contributed by atoms with Crippen molar-refractivity contribution in [2.45, 2.75) is 70.8 Å². The van der Waals surface area contributed by atoms with Gasteiger partial charge in [0.25, 0.3) is 0 Å². The molecule has 0 saturated heterocycles. The van der Waals surface area contributed by atoms with Crippen LogP contribution in [0, 0.1) is 0 Å². The van der Waals surface area contributed by atoms with Gasteiger partial charge in [-0.05, 0) is 19.3 Å². The molecule has 0 bridgehead atoms. The molecule has 0 unspecified atom stereocenters. The zero-order valence-corrected chi connectivity index (χ0v) is 10.4. The van der Waals surface area contributed by atoms with Crippen molar-refractivity contribution in [3.63, 3.8) is 0 Å². The zero-order chi connectivity index (χ0) is 11.2. The molecule has 1 saturated carbocycles. The van der Waals surface area contributed by atoms with Crippen molar-refractivity contribution >= 4 is 0 Å². The summed E-state index contributed by atoms with van der Waals surface area (Å²) in [6, 6.07) is 0.681. The Morgan fingerprint density at radius 1 is 1.25 bits per heavy atom. The number of aryl methyl sites for hydroxylation is 1. The monoisotopic (exact) mass is 221 g/mol. The fraction of sp³-hybridized carbons (Fsp3) is 0.846. The third kappa shape index (κ3) is 2.83. The Hall–Kier alpha value is -0.860. The average molecular weight is 221 g/mol. The summed E-state index contributed by atoms with van der Waals surface area (Å²) in [7, 11) is 0. The first kappa shape index (κ1) is 11.6. The van der Waals surface area contributed by atoms with Gasteiger partial charge < -0.3 is 4.57 Å². The first-order valence-electron chi connectivity index (χ1n) is 6.80. The van der Waals surface area contributed by atoms with Crippen molar-refractivity contribution in [2.75, 3.05) is 0 Å². The molecule has 3 nitrogen and oxygen atoms in total. The van der Waals surface area contributed by atoms with Crippen LogP contribution in [0.2, 0.25) is 0 Å². The summed E-state index contributed by atoms with van der Waals surface area (Å²) in [5.74, 6) is 1.21. The van der Waals surface area contributed by atoms with Crippen LogP contribution in [0.5, 0.6) is 0 Å². The molecule has 2 rings (SSSR count). The van der Waals surface area contributed by atoms with Crippen LogP contribution in [0.4, 0.5) is 0 Å². The summed E-state index contributed by atoms with van der Waals surface area (Å²) in [6.07, 6.45) is 13.7. The Bertz CT molecular complexity index is 300. The minimum absolute atomic E-state index is 0.681. The van der Waals surface area contributed by atoms with Gasteiger partial charge in [0.05, 0.1) is 0 Å². The second kappa shape index (κ2) is 6.02. The largest absolute Gasteiger partial charge is 0.314 e. The molecule has 1 aromatic rings. The van der Waals surface area contributed by atoms with Gasteiger partial charge in [0, 0.05) is 12.5 Å². The molecule has 16 heavy (non-hydrogen) atoms. The van der Waals surface area contributed by atoms with E-state index < -0.39 is 0 Å². The Morgan fingerprint density at radius 2 is 2.06 bits per heavy atom. The first-order valence-corrected chi connectivity index (χ1v) is 6.80. The van der Waals surface area contributed by atoms with E-state index in [0.29, 0.717) is 6.04 Å². The van der Waals surface area contributed by atoms with Gasteiger partial charge in [-0.3, -0.25) is 0 Å². The van der Waals surface area contributed by atoms with Gasteiger partial charge in [0.15, 0.2) is 0 Å². The Balaban J connectivity index is 1.94. The van der Waals surface area contributed by atoms with Crippen molar-refractivity contribution in [3.05, 3.63) is 12.2 Å². The highest BCUT2D eigenvalue weighted by atomic mass is 15.3. The molecule has 1 heterocycles. The van der Waals surface area contributed by atoms with Gasteiger partial charge in [-0.25, -0.2) is 0 Å². The number of hydrogen-bond donors (Lipinski definition) is 0. The molecule has 0 N–H and O–H groups in total. The number of hydrogen-bond acceptors (Lipinski definition) is 2. The van der Waals surface area contributed by atoms with E-state index in [1.807, 2.05) is 6.33 Å². The van der Waals surface area contributed by atoms with Gasteiger partial charge >= 0.3 is 0 Å². The molecule has 1 aliphatic carbocycles. The molecule has 0 radical (unpaired) electrons. The molecule has 0 aromatic carbocycles. The molecule has 3 heteroatoms. The molecule has 0 amide bonds. The fourth-order valence-electron chi connectivity index (χ4n) is 2.64. The second-order valence-corrected chi connectivity index (χ2v) is 4.90. The van der Waals surface area contributed by atoms with Crippen molar-refractivity contribution in [1.82, 2.24) is 14.8 Å². The smallest absolute Gasteiger partial charge is 0.133 e. The molecular formula is C13H23N3. The maximum absolute atomic E-state index is 4.28. The molecule has 0 spiro atoms. The van der Waals surface area contributed by atoms with E-state index in [2.05, 4.69) is 21.7 Å². The lowest BCUT2D eigenvalue weighted by Crippen LogP contribution is -2.14. The first-order chi connectivity index (χ1) is 7.92. The fourth-order valence-corrected chi connectivity index (χ4v) is 2.64. The van der Waals surface area contributed by atoms with Crippen LogP contribution in [0.3, 0.4) is 0 Å². The van der Waals surface area contributed by atoms with Gasteiger partial charge in [0.1, 0.15) is 12.2 Å². The Morgan fingerprint density at radius 3 is 2.81 bits per heavy atom. The quantitative estimate of drug-likeness (QED) is 0.712. The van der Waals surface area contributed by atoms with Gasteiger partial charge in [-0.2, -0.15) is 0 Å². The lowest BCUT2D eigenvalue weighted by atomic mass is 9.95. The summed E-state index contributed by atoms with van der Waals surface area (Å²) in [5, 5.41) is 8.37. The predicted octanol–water partition coefficient (Wildman–Crippen LogP) is 3.52. The van der Waals surface area contributed by atoms with Gasteiger partial charge in [-0.1, -0.05) is 39.0 Å². The van der Waals surface area contributed by atoms with E-state index in [1.165, 1.54) is 57.2 Å². The van der Waals surface area contributed by atoms with Crippen molar-refractivity contribution in [3.8, 4) is 0 Å². The van der Waals surface area contributed by atoms with Crippen molar-refractivity contribution in [1.29, 1.82) is 0 Å². The third-order valence-electron chi connectivity index (χ3n) is 3.62. The van der Waals surface area contributed by atoms with Crippen LogP contribution in [0.15, 0.2) is 6.33 Å². The van der Waals surface area contributed by atoms with E-state index >= 15 is 0 Å². The standard InChI is InChI=1S/C13H23N3/c1-2-3-5-10-13-15-14-11-16(13)12-8-6-4-7-9-12/h11-12H,2-10H2,1H3. The Kier molecular flexibility index (Phi) is 4.37. The predicted molar refractivity (Wildman–Crippen MR) is 65.4 cm³/mol. The zero-order valence-electron chi connectivity index (χ0n) is 10.4. The van der Waals surface area contributed by atoms with Crippen LogP contribution in [0.1, 0.15) is 70.2 Å². The van der Waals surface area contributed by atoms with Crippen LogP contribution < -0.4 is 0 Å². The van der Waals surface area contributed by atoms with E-state index in [4.69, 9.17) is 0 Å². The highest BCUT2D eigenvalue weighted by Crippen LogP contribution is 2.28. The minimum Gasteiger partial charge on any atom is -0.314 e.